The first-order valence-corrected chi connectivity index (χ1v) is 8.77. The Morgan fingerprint density at radius 2 is 2.04 bits per heavy atom. The highest BCUT2D eigenvalue weighted by molar-refractivity contribution is 6.32. The molecule has 0 spiro atoms. The van der Waals surface area contributed by atoms with Gasteiger partial charge in [0.2, 0.25) is 5.82 Å². The third-order valence-corrected chi connectivity index (χ3v) is 4.90. The molecular formula is C17H21Cl2N5O. The molecule has 3 N–H and O–H groups in total. The first kappa shape index (κ1) is 18.2. The van der Waals surface area contributed by atoms with E-state index in [-0.39, 0.29) is 30.2 Å². The summed E-state index contributed by atoms with van der Waals surface area (Å²) in [6.07, 6.45) is 4.44. The highest BCUT2D eigenvalue weighted by atomic mass is 35.5. The average molecular weight is 382 g/mol. The maximum absolute atomic E-state index is 12.4. The molecule has 4 rings (SSSR count). The van der Waals surface area contributed by atoms with E-state index in [0.717, 1.165) is 37.2 Å². The topological polar surface area (TPSA) is 85.8 Å². The molecule has 6 nitrogen and oxygen atoms in total. The van der Waals surface area contributed by atoms with Gasteiger partial charge in [-0.25, -0.2) is 9.67 Å². The van der Waals surface area contributed by atoms with Crippen LogP contribution in [0.3, 0.4) is 0 Å². The Hall–Kier alpha value is -1.63. The number of amides is 1. The van der Waals surface area contributed by atoms with Gasteiger partial charge in [0.05, 0.1) is 10.7 Å². The Morgan fingerprint density at radius 3 is 2.68 bits per heavy atom. The SMILES string of the molecule is Cl.NC(CNC(=O)c1nc(C2CC2)n(-c2ccccc2Cl)n1)C1CC1. The molecule has 1 aromatic heterocycles. The van der Waals surface area contributed by atoms with E-state index >= 15 is 0 Å². The number of nitrogens with zero attached hydrogens (tertiary/aromatic N) is 3. The Bertz CT molecular complexity index is 770. The van der Waals surface area contributed by atoms with Crippen LogP contribution in [0.15, 0.2) is 24.3 Å². The molecule has 1 heterocycles. The van der Waals surface area contributed by atoms with E-state index in [1.165, 1.54) is 0 Å². The molecule has 134 valence electrons. The predicted molar refractivity (Wildman–Crippen MR) is 98.6 cm³/mol. The van der Waals surface area contributed by atoms with Gasteiger partial charge in [-0.05, 0) is 43.7 Å². The first-order chi connectivity index (χ1) is 11.6. The molecule has 1 unspecified atom stereocenters. The number of benzene rings is 1. The second-order valence-electron chi connectivity index (χ2n) is 6.64. The van der Waals surface area contributed by atoms with Gasteiger partial charge >= 0.3 is 0 Å². The lowest BCUT2D eigenvalue weighted by molar-refractivity contribution is 0.0940. The van der Waals surface area contributed by atoms with Crippen molar-refractivity contribution in [3.8, 4) is 5.69 Å². The van der Waals surface area contributed by atoms with E-state index in [2.05, 4.69) is 15.4 Å². The van der Waals surface area contributed by atoms with Crippen molar-refractivity contribution in [1.29, 1.82) is 0 Å². The zero-order valence-electron chi connectivity index (χ0n) is 13.7. The van der Waals surface area contributed by atoms with Crippen LogP contribution in [0.2, 0.25) is 5.02 Å². The standard InChI is InChI=1S/C17H20ClN5O.ClH/c18-12-3-1-2-4-14(12)23-16(11-7-8-11)21-15(22-23)17(24)20-9-13(19)10-5-6-10;/h1-4,10-11,13H,5-9,19H2,(H,20,24);1H. The predicted octanol–water partition coefficient (Wildman–Crippen LogP) is 2.69. The lowest BCUT2D eigenvalue weighted by Crippen LogP contribution is -2.38. The van der Waals surface area contributed by atoms with E-state index in [4.69, 9.17) is 17.3 Å². The number of hydrogen-bond donors (Lipinski definition) is 2. The Labute approximate surface area is 157 Å². The summed E-state index contributed by atoms with van der Waals surface area (Å²) < 4.78 is 1.70. The summed E-state index contributed by atoms with van der Waals surface area (Å²) in [4.78, 5) is 16.8. The van der Waals surface area contributed by atoms with Crippen LogP contribution < -0.4 is 11.1 Å². The summed E-state index contributed by atoms with van der Waals surface area (Å²) in [7, 11) is 0. The van der Waals surface area contributed by atoms with Gasteiger partial charge in [0.15, 0.2) is 0 Å². The van der Waals surface area contributed by atoms with Gasteiger partial charge < -0.3 is 11.1 Å². The van der Waals surface area contributed by atoms with E-state index in [9.17, 15) is 4.79 Å². The summed E-state index contributed by atoms with van der Waals surface area (Å²) in [6.45, 7) is 0.461. The fourth-order valence-corrected chi connectivity index (χ4v) is 3.02. The van der Waals surface area contributed by atoms with Crippen molar-refractivity contribution in [2.45, 2.75) is 37.6 Å². The Morgan fingerprint density at radius 1 is 1.32 bits per heavy atom. The molecule has 1 amide bonds. The van der Waals surface area contributed by atoms with Crippen LogP contribution in [0.5, 0.6) is 0 Å². The van der Waals surface area contributed by atoms with Crippen LogP contribution in [0, 0.1) is 5.92 Å². The van der Waals surface area contributed by atoms with Crippen molar-refractivity contribution in [3.05, 3.63) is 40.9 Å². The van der Waals surface area contributed by atoms with Gasteiger partial charge in [-0.2, -0.15) is 0 Å². The molecule has 0 radical (unpaired) electrons. The number of nitrogens with two attached hydrogens (primary N) is 1. The van der Waals surface area contributed by atoms with Crippen LogP contribution in [0.25, 0.3) is 5.69 Å². The van der Waals surface area contributed by atoms with Crippen LogP contribution in [0.4, 0.5) is 0 Å². The molecular weight excluding hydrogens is 361 g/mol. The van der Waals surface area contributed by atoms with Gasteiger partial charge in [0.1, 0.15) is 5.82 Å². The molecule has 0 saturated heterocycles. The summed E-state index contributed by atoms with van der Waals surface area (Å²) in [5.41, 5.74) is 6.78. The molecule has 25 heavy (non-hydrogen) atoms. The van der Waals surface area contributed by atoms with E-state index in [1.54, 1.807) is 4.68 Å². The summed E-state index contributed by atoms with van der Waals surface area (Å²) in [5, 5.41) is 7.85. The average Bonchev–Trinajstić information content (AvgIpc) is 3.50. The van der Waals surface area contributed by atoms with Crippen LogP contribution in [-0.4, -0.2) is 33.3 Å². The van der Waals surface area contributed by atoms with Crippen LogP contribution >= 0.6 is 24.0 Å². The maximum Gasteiger partial charge on any atom is 0.291 e. The summed E-state index contributed by atoms with van der Waals surface area (Å²) >= 11 is 6.28. The third-order valence-electron chi connectivity index (χ3n) is 4.58. The zero-order valence-corrected chi connectivity index (χ0v) is 15.3. The number of carbonyl (C=O) groups is 1. The fourth-order valence-electron chi connectivity index (χ4n) is 2.81. The van der Waals surface area contributed by atoms with Crippen molar-refractivity contribution in [1.82, 2.24) is 20.1 Å². The number of carbonyl (C=O) groups excluding carboxylic acids is 1. The number of halogens is 2. The normalized spacial score (nSPS) is 17.7. The van der Waals surface area contributed by atoms with E-state index < -0.39 is 0 Å². The van der Waals surface area contributed by atoms with Gasteiger partial charge in [-0.3, -0.25) is 4.79 Å². The highest BCUT2D eigenvalue weighted by Crippen LogP contribution is 2.40. The Balaban J connectivity index is 0.00000182. The number of hydrogen-bond acceptors (Lipinski definition) is 4. The summed E-state index contributed by atoms with van der Waals surface area (Å²) in [6, 6.07) is 7.47. The quantitative estimate of drug-likeness (QED) is 0.805. The van der Waals surface area contributed by atoms with Crippen LogP contribution in [-0.2, 0) is 0 Å². The number of nitrogens with one attached hydrogen (secondary N) is 1. The molecule has 2 aromatic rings. The zero-order chi connectivity index (χ0) is 16.7. The largest absolute Gasteiger partial charge is 0.348 e. The lowest BCUT2D eigenvalue weighted by atomic mass is 10.2. The second-order valence-corrected chi connectivity index (χ2v) is 7.05. The minimum absolute atomic E-state index is 0. The van der Waals surface area contributed by atoms with Crippen molar-refractivity contribution < 1.29 is 4.79 Å². The van der Waals surface area contributed by atoms with E-state index in [0.29, 0.717) is 23.4 Å². The van der Waals surface area contributed by atoms with Gasteiger partial charge in [0.25, 0.3) is 5.91 Å². The fraction of sp³-hybridized carbons (Fsp3) is 0.471. The van der Waals surface area contributed by atoms with Gasteiger partial charge in [-0.15, -0.1) is 17.5 Å². The monoisotopic (exact) mass is 381 g/mol. The molecule has 2 fully saturated rings. The Kier molecular flexibility index (Phi) is 5.32. The molecule has 0 bridgehead atoms. The second kappa shape index (κ2) is 7.32. The minimum atomic E-state index is -0.279. The minimum Gasteiger partial charge on any atom is -0.348 e. The first-order valence-electron chi connectivity index (χ1n) is 8.39. The van der Waals surface area contributed by atoms with E-state index in [1.807, 2.05) is 24.3 Å². The third kappa shape index (κ3) is 3.97. The number of para-hydroxylation sites is 1. The molecule has 1 aromatic carbocycles. The summed E-state index contributed by atoms with van der Waals surface area (Å²) in [5.74, 6) is 1.60. The number of aromatic nitrogens is 3. The molecule has 8 heteroatoms. The number of rotatable bonds is 6. The highest BCUT2D eigenvalue weighted by Gasteiger charge is 2.32. The van der Waals surface area contributed by atoms with Crippen molar-refractivity contribution >= 4 is 29.9 Å². The molecule has 2 aliphatic rings. The van der Waals surface area contributed by atoms with Gasteiger partial charge in [0, 0.05) is 18.5 Å². The lowest BCUT2D eigenvalue weighted by Gasteiger charge is -2.10. The molecule has 1 atom stereocenters. The van der Waals surface area contributed by atoms with Gasteiger partial charge in [-0.1, -0.05) is 23.7 Å². The van der Waals surface area contributed by atoms with Crippen molar-refractivity contribution in [3.63, 3.8) is 0 Å². The smallest absolute Gasteiger partial charge is 0.291 e. The van der Waals surface area contributed by atoms with Crippen molar-refractivity contribution in [2.75, 3.05) is 6.54 Å². The van der Waals surface area contributed by atoms with Crippen molar-refractivity contribution in [2.24, 2.45) is 11.7 Å². The molecule has 0 aliphatic heterocycles. The maximum atomic E-state index is 12.4. The molecule has 2 saturated carbocycles. The molecule has 2 aliphatic carbocycles. The van der Waals surface area contributed by atoms with Crippen LogP contribution in [0.1, 0.15) is 48.0 Å².